The van der Waals surface area contributed by atoms with Gasteiger partial charge in [-0.2, -0.15) is 17.7 Å². The van der Waals surface area contributed by atoms with Crippen LogP contribution in [0.1, 0.15) is 26.0 Å². The normalized spacial score (nSPS) is 9.93. The van der Waals surface area contributed by atoms with Gasteiger partial charge in [0.2, 0.25) is 0 Å². The maximum atomic E-state index is 9.99. The number of phenolic OH excluding ortho intramolecular Hbond substituents is 1. The van der Waals surface area contributed by atoms with Gasteiger partial charge in [0.15, 0.2) is 22.7 Å². The number of nitriles is 2. The van der Waals surface area contributed by atoms with Crippen LogP contribution in [0.4, 0.5) is 27.1 Å². The van der Waals surface area contributed by atoms with Crippen LogP contribution in [0.15, 0.2) is 179 Å². The maximum absolute atomic E-state index is 9.99. The second-order valence-electron chi connectivity index (χ2n) is 18.4. The van der Waals surface area contributed by atoms with Crippen molar-refractivity contribution in [2.24, 2.45) is 0 Å². The van der Waals surface area contributed by atoms with Gasteiger partial charge in [-0.05, 0) is 163 Å². The van der Waals surface area contributed by atoms with Crippen LogP contribution in [0.5, 0.6) is 17.2 Å². The number of benzene rings is 9. The monoisotopic (exact) mass is 1580 g/mol. The van der Waals surface area contributed by atoms with E-state index < -0.39 is 0 Å². The van der Waals surface area contributed by atoms with Gasteiger partial charge >= 0.3 is 144 Å². The van der Waals surface area contributed by atoms with Gasteiger partial charge in [-0.3, -0.25) is 33.0 Å². The Bertz CT molecular complexity index is 5300. The molecule has 0 atom stereocenters. The molecule has 0 unspecified atom stereocenters. The summed E-state index contributed by atoms with van der Waals surface area (Å²) in [7, 11) is 5.05. The van der Waals surface area contributed by atoms with Gasteiger partial charge in [0.1, 0.15) is 46.5 Å². The zero-order chi connectivity index (χ0) is 63.3. The number of nitrogens with one attached hydrogen (secondary N) is 1. The van der Waals surface area contributed by atoms with E-state index in [-0.39, 0.29) is 165 Å². The fourth-order valence-electron chi connectivity index (χ4n) is 9.81. The largest absolute Gasteiger partial charge is 1.00 e. The number of rotatable bonds is 5. The van der Waals surface area contributed by atoms with Crippen LogP contribution in [0, 0.1) is 56.1 Å². The molecular formula is C69H48Br2Cs2FN12O6+. The number of halogens is 3. The number of phenols is 1. The van der Waals surface area contributed by atoms with Gasteiger partial charge in [-0.1, -0.05) is 75.5 Å². The molecule has 23 heteroatoms. The molecule has 0 aliphatic heterocycles. The first-order valence-corrected chi connectivity index (χ1v) is 27.2. The van der Waals surface area contributed by atoms with Crippen molar-refractivity contribution < 1.29 is 172 Å². The Balaban J connectivity index is 0.000000222. The fraction of sp³-hybridized carbons (Fsp3) is 0.0580. The summed E-state index contributed by atoms with van der Waals surface area (Å²) in [6.45, 7) is 29.7. The van der Waals surface area contributed by atoms with Crippen LogP contribution in [0.3, 0.4) is 0 Å². The first-order chi connectivity index (χ1) is 43.4. The molecule has 14 rings (SSSR count). The third kappa shape index (κ3) is 15.6. The number of ether oxygens (including phenoxy) is 2. The number of aromatic amines is 1. The number of pyridine rings is 2. The summed E-state index contributed by atoms with van der Waals surface area (Å²) in [5, 5.41) is 35.7. The number of aromatic hydroxyl groups is 1. The first-order valence-electron chi connectivity index (χ1n) is 26.1. The van der Waals surface area contributed by atoms with Crippen molar-refractivity contribution in [1.29, 1.82) is 12.0 Å². The molecule has 92 heavy (non-hydrogen) atoms. The van der Waals surface area contributed by atoms with Gasteiger partial charge in [0, 0.05) is 36.3 Å². The molecule has 3 N–H and O–H groups in total. The molecule has 5 aromatic heterocycles. The molecule has 9 aromatic carbocycles. The van der Waals surface area contributed by atoms with Crippen molar-refractivity contribution in [3.63, 3.8) is 0 Å². The van der Waals surface area contributed by atoms with Crippen LogP contribution in [0.2, 0.25) is 0 Å². The van der Waals surface area contributed by atoms with Gasteiger partial charge in [0.05, 0.1) is 84.7 Å². The van der Waals surface area contributed by atoms with Crippen molar-refractivity contribution in [3.8, 4) is 40.8 Å². The predicted molar refractivity (Wildman–Crippen MR) is 358 cm³/mol. The van der Waals surface area contributed by atoms with E-state index in [4.69, 9.17) is 62.5 Å². The minimum atomic E-state index is 0. The van der Waals surface area contributed by atoms with E-state index in [1.807, 2.05) is 138 Å². The summed E-state index contributed by atoms with van der Waals surface area (Å²) in [6, 6.07) is 56.8. The summed E-state index contributed by atoms with van der Waals surface area (Å²) in [4.78, 5) is 43.8. The fourth-order valence-corrected chi connectivity index (χ4v) is 10.5. The van der Waals surface area contributed by atoms with Gasteiger partial charge in [-0.15, -0.1) is 0 Å². The van der Waals surface area contributed by atoms with Crippen molar-refractivity contribution in [2.75, 3.05) is 14.2 Å². The van der Waals surface area contributed by atoms with Crippen LogP contribution in [0.25, 0.3) is 120 Å². The molecule has 0 spiro atoms. The number of para-hydroxylation sites is 6. The first kappa shape index (κ1) is 73.2. The SMILES string of the molecule is C.C.COc1cccc(-c2nc3ccccc3[nH]2)c1.N#Cc1cc(Br)c(Br)cc1C#N.[2H]OOC=O.[C-]#[N+]c1cc2c3ccc(O)cc3c3nc4ccccc4n3c2cc1[N+]#[C-].[C-]#[N+]c1cc2c3ccc(OC)cc3c3nc4ccccc4n3c2cc1[N+]#[C-].[CH2-]F.[Cs+].[Cs+]. The van der Waals surface area contributed by atoms with E-state index >= 15 is 0 Å². The third-order valence-electron chi connectivity index (χ3n) is 13.6. The molecule has 18 nitrogen and oxygen atoms in total. The molecule has 0 fully saturated rings. The average molecular weight is 1590 g/mol. The number of fused-ring (bicyclic) bond motifs is 17. The maximum Gasteiger partial charge on any atom is 1.00 e. The molecule has 14 aromatic rings. The van der Waals surface area contributed by atoms with Crippen LogP contribution in [-0.2, 0) is 9.68 Å². The number of methoxy groups -OCH3 is 2. The number of H-pyrrole nitrogens is 1. The summed E-state index contributed by atoms with van der Waals surface area (Å²) in [5.41, 5.74) is 12.0. The van der Waals surface area contributed by atoms with Crippen LogP contribution >= 0.6 is 31.9 Å². The Morgan fingerprint density at radius 2 is 1.02 bits per heavy atom. The summed E-state index contributed by atoms with van der Waals surface area (Å²) >= 11 is 6.49. The molecule has 0 aliphatic carbocycles. The molecular weight excluding hydrogens is 1540 g/mol. The minimum absolute atomic E-state index is 0. The zero-order valence-electron chi connectivity index (χ0n) is 49.0. The summed E-state index contributed by atoms with van der Waals surface area (Å²) in [5.74, 6) is 2.61. The quantitative estimate of drug-likeness (QED) is 0.0485. The molecule has 0 saturated heterocycles. The van der Waals surface area contributed by atoms with Crippen molar-refractivity contribution in [1.82, 2.24) is 28.7 Å². The number of carbonyl (C=O) groups is 1. The van der Waals surface area contributed by atoms with Crippen LogP contribution < -0.4 is 147 Å². The van der Waals surface area contributed by atoms with E-state index in [1.54, 1.807) is 69.9 Å². The molecule has 0 bridgehead atoms. The number of nitrogens with zero attached hydrogens (tertiary/aromatic N) is 11. The molecule has 0 saturated carbocycles. The Morgan fingerprint density at radius 1 is 0.565 bits per heavy atom. The number of hydrogen-bond acceptors (Lipinski definition) is 11. The Hall–Kier alpha value is -7.85. The Kier molecular flexibility index (Phi) is 27.6. The molecule has 5 heterocycles. The Morgan fingerprint density at radius 3 is 1.48 bits per heavy atom. The number of imidazole rings is 3. The number of carbonyl (C=O) groups excluding carboxylic acids is 1. The van der Waals surface area contributed by atoms with E-state index in [9.17, 15) is 9.50 Å². The van der Waals surface area contributed by atoms with Crippen molar-refractivity contribution in [3.05, 3.63) is 243 Å². The zero-order valence-corrected chi connectivity index (χ0v) is 63.7. The van der Waals surface area contributed by atoms with E-state index in [2.05, 4.69) is 75.8 Å². The smallest absolute Gasteiger partial charge is 0.508 e. The predicted octanol–water partition coefficient (Wildman–Crippen LogP) is 13.4. The number of hydrogen-bond donors (Lipinski definition) is 3. The molecule has 0 aliphatic rings. The van der Waals surface area contributed by atoms with E-state index in [0.29, 0.717) is 33.9 Å². The van der Waals surface area contributed by atoms with Crippen molar-refractivity contribution in [2.45, 2.75) is 14.9 Å². The topological polar surface area (TPSA) is 214 Å². The number of aromatic nitrogens is 6. The van der Waals surface area contributed by atoms with Gasteiger partial charge in [0.25, 0.3) is 1.43 Å². The van der Waals surface area contributed by atoms with E-state index in [1.165, 1.54) is 0 Å². The molecule has 442 valence electrons. The molecule has 0 amide bonds. The van der Waals surface area contributed by atoms with Gasteiger partial charge in [-0.25, -0.2) is 20.2 Å². The second-order valence-corrected chi connectivity index (χ2v) is 20.1. The van der Waals surface area contributed by atoms with E-state index in [0.717, 1.165) is 120 Å². The van der Waals surface area contributed by atoms with Crippen molar-refractivity contribution >= 4 is 149 Å². The molecule has 0 radical (unpaired) electrons. The third-order valence-corrected chi connectivity index (χ3v) is 15.5. The summed E-state index contributed by atoms with van der Waals surface area (Å²) < 4.78 is 31.1. The standard InChI is InChI=1S/C22H12N4O.C21H10N4O.C14H12N2O.C8H2Br2N2.CH2F.CH2O3.2CH4.2Cs/c1-23-18-11-15-14-9-8-13(27-3)10-16(14)22-25-17-6-4-5-7-20(17)26(22)21(15)12-19(18)24-2;1-22-17-10-14-13-8-7-12(26)9-15(13)21-24-16-5-3-4-6-19(16)25(21)20(14)11-18(17)23-2;1-17-11-6-4-5-10(9-11)14-15-12-7-2-3-8-13(12)16-14;9-7-1-5(3-11)6(4-12)2-8(7)10;1-2;2-1-4-3;;;;/h4-12H,3H3;3-11,26H;2-9H,1H3,(H,15,16);1-2H;1H2;1,3H;2*1H4;;/q;;;;-1;;;;2*+1/i/hD. The van der Waals surface area contributed by atoms with Gasteiger partial charge < -0.3 is 28.8 Å². The minimum Gasteiger partial charge on any atom is -0.508 e. The van der Waals surface area contributed by atoms with Crippen LogP contribution in [-0.4, -0.2) is 59.8 Å². The Labute approximate surface area is 663 Å². The average Bonchev–Trinajstić information content (AvgIpc) is 1.66. The summed E-state index contributed by atoms with van der Waals surface area (Å²) in [6.07, 6.45) is 0. The second kappa shape index (κ2) is 34.7.